The molecule has 0 N–H and O–H groups in total. The molecule has 0 aromatic rings. The molecule has 1 unspecified atom stereocenters. The van der Waals surface area contributed by atoms with Crippen molar-refractivity contribution in [1.82, 2.24) is 0 Å². The summed E-state index contributed by atoms with van der Waals surface area (Å²) < 4.78 is 0. The number of hydrogen-bond donors (Lipinski definition) is 0. The zero-order valence-electron chi connectivity index (χ0n) is 8.93. The SMILES string of the molecule is C=CCC(C)[PH](C)(/C=C\C)CC. The van der Waals surface area contributed by atoms with Crippen molar-refractivity contribution in [1.29, 1.82) is 0 Å². The van der Waals surface area contributed by atoms with Crippen molar-refractivity contribution < 1.29 is 0 Å². The van der Waals surface area contributed by atoms with Crippen LogP contribution in [0.3, 0.4) is 0 Å². The summed E-state index contributed by atoms with van der Waals surface area (Å²) in [6, 6.07) is 0. The topological polar surface area (TPSA) is 0 Å². The monoisotopic (exact) mass is 186 g/mol. The summed E-state index contributed by atoms with van der Waals surface area (Å²) in [7, 11) is -1.10. The van der Waals surface area contributed by atoms with Crippen molar-refractivity contribution in [3.63, 3.8) is 0 Å². The molecular formula is C11H23P. The van der Waals surface area contributed by atoms with Gasteiger partial charge in [-0.25, -0.2) is 0 Å². The molecule has 0 aromatic heterocycles. The molecule has 0 amide bonds. The van der Waals surface area contributed by atoms with Crippen LogP contribution in [0, 0.1) is 0 Å². The van der Waals surface area contributed by atoms with E-state index >= 15 is 0 Å². The van der Waals surface area contributed by atoms with E-state index in [2.05, 4.69) is 52.0 Å². The van der Waals surface area contributed by atoms with E-state index in [-0.39, 0.29) is 0 Å². The first-order valence-corrected chi connectivity index (χ1v) is 7.71. The number of rotatable bonds is 5. The van der Waals surface area contributed by atoms with Crippen LogP contribution in [-0.4, -0.2) is 18.5 Å². The number of hydrogen-bond acceptors (Lipinski definition) is 0. The summed E-state index contributed by atoms with van der Waals surface area (Å²) in [5.74, 6) is 2.46. The van der Waals surface area contributed by atoms with Crippen molar-refractivity contribution >= 4 is 7.26 Å². The molecule has 0 bridgehead atoms. The Kier molecular flexibility index (Phi) is 5.50. The Morgan fingerprint density at radius 1 is 1.50 bits per heavy atom. The molecule has 0 aliphatic heterocycles. The Bertz CT molecular complexity index is 160. The van der Waals surface area contributed by atoms with Gasteiger partial charge in [-0.3, -0.25) is 0 Å². The fourth-order valence-electron chi connectivity index (χ4n) is 1.53. The molecule has 0 aromatic carbocycles. The minimum absolute atomic E-state index is 0.830. The van der Waals surface area contributed by atoms with Crippen LogP contribution in [0.4, 0.5) is 0 Å². The maximum atomic E-state index is 3.81. The Labute approximate surface area is 78.1 Å². The Hall–Kier alpha value is -0.0900. The van der Waals surface area contributed by atoms with Crippen molar-refractivity contribution in [3.8, 4) is 0 Å². The minimum atomic E-state index is -1.10. The Morgan fingerprint density at radius 2 is 2.08 bits per heavy atom. The Morgan fingerprint density at radius 3 is 2.42 bits per heavy atom. The molecular weight excluding hydrogens is 163 g/mol. The van der Waals surface area contributed by atoms with Crippen molar-refractivity contribution in [3.05, 3.63) is 24.5 Å². The van der Waals surface area contributed by atoms with Gasteiger partial charge in [0.25, 0.3) is 0 Å². The second-order valence-electron chi connectivity index (χ2n) is 3.78. The molecule has 0 saturated carbocycles. The average molecular weight is 186 g/mol. The summed E-state index contributed by atoms with van der Waals surface area (Å²) in [5.41, 5.74) is 0.830. The fourth-order valence-corrected chi connectivity index (χ4v) is 4.26. The quantitative estimate of drug-likeness (QED) is 0.451. The number of allylic oxidation sites excluding steroid dienone is 2. The van der Waals surface area contributed by atoms with E-state index < -0.39 is 7.26 Å². The molecule has 12 heavy (non-hydrogen) atoms. The second-order valence-corrected chi connectivity index (χ2v) is 8.82. The van der Waals surface area contributed by atoms with Crippen LogP contribution in [0.2, 0.25) is 0 Å². The van der Waals surface area contributed by atoms with E-state index in [1.165, 1.54) is 12.6 Å². The molecule has 0 radical (unpaired) electrons. The zero-order chi connectivity index (χ0) is 9.61. The van der Waals surface area contributed by atoms with Gasteiger partial charge in [0.1, 0.15) is 0 Å². The van der Waals surface area contributed by atoms with Crippen molar-refractivity contribution in [2.75, 3.05) is 12.8 Å². The molecule has 1 atom stereocenters. The van der Waals surface area contributed by atoms with Crippen molar-refractivity contribution in [2.24, 2.45) is 0 Å². The van der Waals surface area contributed by atoms with Gasteiger partial charge >= 0.3 is 77.5 Å². The van der Waals surface area contributed by atoms with Gasteiger partial charge in [0, 0.05) is 0 Å². The van der Waals surface area contributed by atoms with E-state index in [9.17, 15) is 0 Å². The van der Waals surface area contributed by atoms with Gasteiger partial charge in [-0.05, 0) is 0 Å². The van der Waals surface area contributed by atoms with Gasteiger partial charge in [-0.1, -0.05) is 0 Å². The third kappa shape index (κ3) is 3.11. The Balaban J connectivity index is 4.38. The first kappa shape index (κ1) is 11.9. The third-order valence-electron chi connectivity index (χ3n) is 2.96. The molecule has 0 nitrogen and oxygen atoms in total. The van der Waals surface area contributed by atoms with Gasteiger partial charge in [0.2, 0.25) is 0 Å². The second kappa shape index (κ2) is 5.54. The van der Waals surface area contributed by atoms with Gasteiger partial charge in [0.05, 0.1) is 0 Å². The third-order valence-corrected chi connectivity index (χ3v) is 8.06. The van der Waals surface area contributed by atoms with E-state index in [1.807, 2.05) is 0 Å². The van der Waals surface area contributed by atoms with Crippen LogP contribution in [0.1, 0.15) is 27.2 Å². The maximum absolute atomic E-state index is 3.81. The molecule has 72 valence electrons. The van der Waals surface area contributed by atoms with E-state index in [4.69, 9.17) is 0 Å². The van der Waals surface area contributed by atoms with Gasteiger partial charge in [-0.2, -0.15) is 0 Å². The summed E-state index contributed by atoms with van der Waals surface area (Å²) in [6.07, 6.45) is 6.78. The van der Waals surface area contributed by atoms with Crippen LogP contribution in [0.25, 0.3) is 0 Å². The molecule has 0 fully saturated rings. The standard InChI is InChI=1S/C11H23P/c1-6-9-11(4)12(5,8-3)10-7-2/h6-7,10-12H,1,8-9H2,2-5H3/b10-7-. The molecule has 0 rings (SSSR count). The first-order valence-electron chi connectivity index (χ1n) is 4.85. The first-order chi connectivity index (χ1) is 5.60. The van der Waals surface area contributed by atoms with Crippen LogP contribution < -0.4 is 0 Å². The van der Waals surface area contributed by atoms with Crippen LogP contribution in [0.15, 0.2) is 24.5 Å². The molecule has 0 heterocycles. The predicted octanol–water partition coefficient (Wildman–Crippen LogP) is 3.88. The summed E-state index contributed by atoms with van der Waals surface area (Å²) in [4.78, 5) is 0. The van der Waals surface area contributed by atoms with Gasteiger partial charge in [0.15, 0.2) is 0 Å². The summed E-state index contributed by atoms with van der Waals surface area (Å²) in [5, 5.41) is 0. The molecule has 0 spiro atoms. The van der Waals surface area contributed by atoms with Gasteiger partial charge < -0.3 is 0 Å². The van der Waals surface area contributed by atoms with Crippen LogP contribution >= 0.6 is 7.26 Å². The predicted molar refractivity (Wildman–Crippen MR) is 63.9 cm³/mol. The molecule has 0 saturated heterocycles. The normalized spacial score (nSPS) is 16.3. The summed E-state index contributed by atoms with van der Waals surface area (Å²) in [6.45, 7) is 13.1. The molecule has 1 heteroatoms. The van der Waals surface area contributed by atoms with E-state index in [0.29, 0.717) is 0 Å². The fraction of sp³-hybridized carbons (Fsp3) is 0.636. The van der Waals surface area contributed by atoms with E-state index in [0.717, 1.165) is 5.66 Å². The average Bonchev–Trinajstić information content (AvgIpc) is 2.05. The van der Waals surface area contributed by atoms with E-state index in [1.54, 1.807) is 0 Å². The van der Waals surface area contributed by atoms with Crippen LogP contribution in [0.5, 0.6) is 0 Å². The molecule has 0 aliphatic carbocycles. The van der Waals surface area contributed by atoms with Gasteiger partial charge in [-0.15, -0.1) is 0 Å². The van der Waals surface area contributed by atoms with Crippen LogP contribution in [-0.2, 0) is 0 Å². The van der Waals surface area contributed by atoms with Crippen molar-refractivity contribution in [2.45, 2.75) is 32.9 Å². The zero-order valence-corrected chi connectivity index (χ0v) is 9.93. The molecule has 0 aliphatic rings. The summed E-state index contributed by atoms with van der Waals surface area (Å²) >= 11 is 0.